The molecule has 4 nitrogen and oxygen atoms in total. The molecule has 0 atom stereocenters. The summed E-state index contributed by atoms with van der Waals surface area (Å²) in [7, 11) is 0. The van der Waals surface area contributed by atoms with Gasteiger partial charge in [0.25, 0.3) is 0 Å². The van der Waals surface area contributed by atoms with E-state index in [4.69, 9.17) is 22.1 Å². The summed E-state index contributed by atoms with van der Waals surface area (Å²) in [4.78, 5) is 12.3. The van der Waals surface area contributed by atoms with Gasteiger partial charge in [0.1, 0.15) is 0 Å². The van der Waals surface area contributed by atoms with Crippen molar-refractivity contribution in [2.75, 3.05) is 11.9 Å². The van der Waals surface area contributed by atoms with Crippen LogP contribution in [-0.2, 0) is 4.79 Å². The van der Waals surface area contributed by atoms with Gasteiger partial charge < -0.3 is 15.8 Å². The van der Waals surface area contributed by atoms with Gasteiger partial charge in [-0.2, -0.15) is 0 Å². The Morgan fingerprint density at radius 1 is 1.43 bits per heavy atom. The highest BCUT2D eigenvalue weighted by molar-refractivity contribution is 6.32. The minimum atomic E-state index is -0.760. The van der Waals surface area contributed by atoms with Crippen LogP contribution in [0.15, 0.2) is 18.2 Å². The van der Waals surface area contributed by atoms with E-state index in [0.717, 1.165) is 32.1 Å². The second-order valence-corrected chi connectivity index (χ2v) is 5.69. The zero-order valence-corrected chi connectivity index (χ0v) is 13.7. The van der Waals surface area contributed by atoms with Gasteiger partial charge in [-0.1, -0.05) is 37.4 Å². The Kier molecular flexibility index (Phi) is 6.78. The number of halogens is 2. The van der Waals surface area contributed by atoms with Gasteiger partial charge in [-0.05, 0) is 31.4 Å². The molecule has 6 heteroatoms. The van der Waals surface area contributed by atoms with Crippen molar-refractivity contribution >= 4 is 35.6 Å². The Morgan fingerprint density at radius 2 is 2.10 bits per heavy atom. The molecule has 1 aliphatic rings. The van der Waals surface area contributed by atoms with Crippen LogP contribution in [0.5, 0.6) is 5.75 Å². The number of para-hydroxylation sites is 1. The third-order valence-corrected chi connectivity index (χ3v) is 3.91. The highest BCUT2D eigenvalue weighted by Gasteiger charge is 2.37. The number of hydrogen-bond donors (Lipinski definition) is 2. The van der Waals surface area contributed by atoms with Crippen LogP contribution in [0, 0.1) is 0 Å². The van der Waals surface area contributed by atoms with Gasteiger partial charge in [0.05, 0.1) is 22.9 Å². The number of nitrogens with one attached hydrogen (secondary N) is 1. The number of amides is 1. The van der Waals surface area contributed by atoms with Crippen LogP contribution in [0.2, 0.25) is 5.02 Å². The van der Waals surface area contributed by atoms with Crippen LogP contribution < -0.4 is 15.8 Å². The van der Waals surface area contributed by atoms with E-state index in [9.17, 15) is 4.79 Å². The highest BCUT2D eigenvalue weighted by atomic mass is 35.5. The first kappa shape index (κ1) is 18.1. The summed E-state index contributed by atoms with van der Waals surface area (Å²) in [5.74, 6) is 0.365. The smallest absolute Gasteiger partial charge is 0.244 e. The van der Waals surface area contributed by atoms with E-state index in [0.29, 0.717) is 23.1 Å². The summed E-state index contributed by atoms with van der Waals surface area (Å²) in [6.07, 6.45) is 4.33. The predicted molar refractivity (Wildman–Crippen MR) is 88.5 cm³/mol. The Bertz CT molecular complexity index is 489. The zero-order chi connectivity index (χ0) is 14.6. The lowest BCUT2D eigenvalue weighted by molar-refractivity contribution is -0.121. The minimum Gasteiger partial charge on any atom is -0.490 e. The molecule has 1 fully saturated rings. The van der Waals surface area contributed by atoms with E-state index < -0.39 is 5.54 Å². The third kappa shape index (κ3) is 4.25. The van der Waals surface area contributed by atoms with Gasteiger partial charge in [0.2, 0.25) is 5.91 Å². The highest BCUT2D eigenvalue weighted by Crippen LogP contribution is 2.35. The Labute approximate surface area is 136 Å². The lowest BCUT2D eigenvalue weighted by Gasteiger charge is -2.23. The van der Waals surface area contributed by atoms with Crippen molar-refractivity contribution < 1.29 is 9.53 Å². The quantitative estimate of drug-likeness (QED) is 0.862. The Hall–Kier alpha value is -0.970. The standard InChI is InChI=1S/C15H21ClN2O2.ClH/c1-2-10-20-13-11(16)6-5-7-12(13)18-14(19)15(17)8-3-4-9-15;/h5-7H,2-4,8-10,17H2,1H3,(H,18,19);1H. The number of rotatable bonds is 5. The fourth-order valence-corrected chi connectivity index (χ4v) is 2.67. The number of hydrogen-bond acceptors (Lipinski definition) is 3. The van der Waals surface area contributed by atoms with Gasteiger partial charge >= 0.3 is 0 Å². The second kappa shape index (κ2) is 7.87. The number of anilines is 1. The molecule has 0 spiro atoms. The van der Waals surface area contributed by atoms with E-state index >= 15 is 0 Å². The summed E-state index contributed by atoms with van der Waals surface area (Å²) in [6.45, 7) is 2.57. The molecule has 0 heterocycles. The van der Waals surface area contributed by atoms with Crippen molar-refractivity contribution in [3.05, 3.63) is 23.2 Å². The molecule has 0 radical (unpaired) electrons. The summed E-state index contributed by atoms with van der Waals surface area (Å²) in [6, 6.07) is 5.32. The fraction of sp³-hybridized carbons (Fsp3) is 0.533. The largest absolute Gasteiger partial charge is 0.490 e. The van der Waals surface area contributed by atoms with Crippen LogP contribution in [0.25, 0.3) is 0 Å². The predicted octanol–water partition coefficient (Wildman–Crippen LogP) is 3.76. The van der Waals surface area contributed by atoms with Crippen molar-refractivity contribution in [3.63, 3.8) is 0 Å². The summed E-state index contributed by atoms with van der Waals surface area (Å²) in [5, 5.41) is 3.36. The van der Waals surface area contributed by atoms with Gasteiger partial charge in [-0.3, -0.25) is 4.79 Å². The molecule has 21 heavy (non-hydrogen) atoms. The van der Waals surface area contributed by atoms with Crippen LogP contribution in [-0.4, -0.2) is 18.1 Å². The molecule has 118 valence electrons. The molecule has 1 saturated carbocycles. The van der Waals surface area contributed by atoms with Crippen molar-refractivity contribution in [1.29, 1.82) is 0 Å². The fourth-order valence-electron chi connectivity index (χ4n) is 2.44. The second-order valence-electron chi connectivity index (χ2n) is 5.28. The molecule has 1 amide bonds. The number of ether oxygens (including phenoxy) is 1. The molecular formula is C15H22Cl2N2O2. The Balaban J connectivity index is 0.00000220. The topological polar surface area (TPSA) is 64.3 Å². The Morgan fingerprint density at radius 3 is 2.71 bits per heavy atom. The summed E-state index contributed by atoms with van der Waals surface area (Å²) < 4.78 is 5.63. The van der Waals surface area contributed by atoms with E-state index in [1.807, 2.05) is 6.92 Å². The van der Waals surface area contributed by atoms with Gasteiger partial charge in [-0.25, -0.2) is 0 Å². The minimum absolute atomic E-state index is 0. The first-order valence-corrected chi connectivity index (χ1v) is 7.46. The van der Waals surface area contributed by atoms with E-state index in [-0.39, 0.29) is 18.3 Å². The van der Waals surface area contributed by atoms with Crippen molar-refractivity contribution in [2.45, 2.75) is 44.6 Å². The molecule has 0 bridgehead atoms. The van der Waals surface area contributed by atoms with Gasteiger partial charge in [-0.15, -0.1) is 12.4 Å². The SMILES string of the molecule is CCCOc1c(Cl)cccc1NC(=O)C1(N)CCCC1.Cl. The van der Waals surface area contributed by atoms with E-state index in [2.05, 4.69) is 5.32 Å². The first-order chi connectivity index (χ1) is 9.57. The van der Waals surface area contributed by atoms with Crippen LogP contribution in [0.4, 0.5) is 5.69 Å². The summed E-state index contributed by atoms with van der Waals surface area (Å²) >= 11 is 6.14. The van der Waals surface area contributed by atoms with Gasteiger partial charge in [0, 0.05) is 0 Å². The lowest BCUT2D eigenvalue weighted by atomic mass is 9.98. The monoisotopic (exact) mass is 332 g/mol. The first-order valence-electron chi connectivity index (χ1n) is 7.08. The summed E-state index contributed by atoms with van der Waals surface area (Å²) in [5.41, 5.74) is 5.98. The molecule has 0 saturated heterocycles. The number of nitrogens with two attached hydrogens (primary N) is 1. The maximum Gasteiger partial charge on any atom is 0.244 e. The average Bonchev–Trinajstić information content (AvgIpc) is 2.86. The molecule has 1 aromatic carbocycles. The van der Waals surface area contributed by atoms with E-state index in [1.165, 1.54) is 0 Å². The number of carbonyl (C=O) groups is 1. The third-order valence-electron chi connectivity index (χ3n) is 3.61. The van der Waals surface area contributed by atoms with Crippen LogP contribution in [0.1, 0.15) is 39.0 Å². The van der Waals surface area contributed by atoms with Crippen LogP contribution >= 0.6 is 24.0 Å². The average molecular weight is 333 g/mol. The molecule has 2 rings (SSSR count). The molecule has 0 unspecified atom stereocenters. The molecule has 0 aliphatic heterocycles. The molecular weight excluding hydrogens is 311 g/mol. The van der Waals surface area contributed by atoms with Crippen molar-refractivity contribution in [3.8, 4) is 5.75 Å². The van der Waals surface area contributed by atoms with E-state index in [1.54, 1.807) is 18.2 Å². The van der Waals surface area contributed by atoms with Crippen molar-refractivity contribution in [1.82, 2.24) is 0 Å². The number of benzene rings is 1. The molecule has 3 N–H and O–H groups in total. The van der Waals surface area contributed by atoms with Crippen LogP contribution in [0.3, 0.4) is 0 Å². The molecule has 1 aliphatic carbocycles. The maximum atomic E-state index is 12.3. The van der Waals surface area contributed by atoms with Gasteiger partial charge in [0.15, 0.2) is 5.75 Å². The zero-order valence-electron chi connectivity index (χ0n) is 12.2. The maximum absolute atomic E-state index is 12.3. The van der Waals surface area contributed by atoms with Crippen molar-refractivity contribution in [2.24, 2.45) is 5.73 Å². The lowest BCUT2D eigenvalue weighted by Crippen LogP contribution is -2.48. The number of carbonyl (C=O) groups excluding carboxylic acids is 1. The molecule has 0 aromatic heterocycles. The molecule has 1 aromatic rings. The normalized spacial score (nSPS) is 16.1.